The molecule has 1 fully saturated rings. The molecule has 9 heteroatoms. The topological polar surface area (TPSA) is 95.8 Å². The second-order valence-corrected chi connectivity index (χ2v) is 8.46. The van der Waals surface area contributed by atoms with E-state index in [2.05, 4.69) is 10.2 Å². The van der Waals surface area contributed by atoms with Gasteiger partial charge in [0.05, 0.1) is 9.80 Å². The number of thiophene rings is 1. The number of hydrogen-bond donors (Lipinski definition) is 1. The van der Waals surface area contributed by atoms with E-state index >= 15 is 0 Å². The zero-order chi connectivity index (χ0) is 22.7. The van der Waals surface area contributed by atoms with Crippen LogP contribution in [-0.4, -0.2) is 47.8 Å². The highest BCUT2D eigenvalue weighted by atomic mass is 32.1. The normalized spacial score (nSPS) is 13.7. The van der Waals surface area contributed by atoms with Crippen molar-refractivity contribution in [1.29, 1.82) is 0 Å². The molecule has 2 amide bonds. The van der Waals surface area contributed by atoms with Crippen molar-refractivity contribution < 1.29 is 14.5 Å². The van der Waals surface area contributed by atoms with Crippen LogP contribution in [0.4, 0.5) is 17.1 Å². The molecule has 32 heavy (non-hydrogen) atoms. The Hall–Kier alpha value is -3.72. The number of carbonyl (C=O) groups excluding carboxylic acids is 2. The van der Waals surface area contributed by atoms with Crippen LogP contribution in [0.1, 0.15) is 25.6 Å². The van der Waals surface area contributed by atoms with Crippen LogP contribution in [0.15, 0.2) is 60.0 Å². The van der Waals surface area contributed by atoms with Crippen LogP contribution in [0.3, 0.4) is 0 Å². The summed E-state index contributed by atoms with van der Waals surface area (Å²) in [4.78, 5) is 40.4. The maximum Gasteiger partial charge on any atom is 0.273 e. The van der Waals surface area contributed by atoms with E-state index in [0.29, 0.717) is 24.3 Å². The smallest absolute Gasteiger partial charge is 0.273 e. The van der Waals surface area contributed by atoms with Crippen LogP contribution in [0.5, 0.6) is 0 Å². The molecule has 164 valence electrons. The summed E-state index contributed by atoms with van der Waals surface area (Å²) in [6, 6.07) is 15.6. The van der Waals surface area contributed by atoms with Crippen LogP contribution >= 0.6 is 11.3 Å². The zero-order valence-electron chi connectivity index (χ0n) is 17.5. The number of rotatable bonds is 5. The van der Waals surface area contributed by atoms with E-state index in [-0.39, 0.29) is 17.2 Å². The Morgan fingerprint density at radius 2 is 1.75 bits per heavy atom. The highest BCUT2D eigenvalue weighted by molar-refractivity contribution is 7.12. The van der Waals surface area contributed by atoms with Crippen molar-refractivity contribution in [3.05, 3.63) is 86.1 Å². The Morgan fingerprint density at radius 3 is 2.38 bits per heavy atom. The van der Waals surface area contributed by atoms with Crippen molar-refractivity contribution in [3.8, 4) is 0 Å². The molecule has 0 radical (unpaired) electrons. The lowest BCUT2D eigenvalue weighted by Gasteiger charge is -2.36. The summed E-state index contributed by atoms with van der Waals surface area (Å²) in [5.74, 6) is -0.324. The fourth-order valence-electron chi connectivity index (χ4n) is 3.63. The fraction of sp³-hybridized carbons (Fsp3) is 0.217. The van der Waals surface area contributed by atoms with E-state index in [4.69, 9.17) is 0 Å². The first kappa shape index (κ1) is 21.5. The Labute approximate surface area is 189 Å². The van der Waals surface area contributed by atoms with Crippen LogP contribution in [-0.2, 0) is 0 Å². The minimum Gasteiger partial charge on any atom is -0.368 e. The van der Waals surface area contributed by atoms with Gasteiger partial charge in [0.2, 0.25) is 0 Å². The van der Waals surface area contributed by atoms with Gasteiger partial charge in [0, 0.05) is 54.7 Å². The van der Waals surface area contributed by atoms with E-state index in [1.165, 1.54) is 17.4 Å². The predicted molar refractivity (Wildman–Crippen MR) is 125 cm³/mol. The van der Waals surface area contributed by atoms with Crippen molar-refractivity contribution in [3.63, 3.8) is 0 Å². The van der Waals surface area contributed by atoms with Gasteiger partial charge in [0.15, 0.2) is 0 Å². The third kappa shape index (κ3) is 4.62. The van der Waals surface area contributed by atoms with E-state index in [1.54, 1.807) is 31.2 Å². The average molecular weight is 451 g/mol. The molecule has 1 saturated heterocycles. The Balaban J connectivity index is 1.36. The number of hydrogen-bond acceptors (Lipinski definition) is 6. The van der Waals surface area contributed by atoms with Crippen molar-refractivity contribution >= 4 is 40.2 Å². The SMILES string of the molecule is Cc1ccc(C(=O)Nc2ccc(N3CCN(C(=O)c4cccs4)CC3)cc2)cc1[N+](=O)[O-]. The number of nitro benzene ring substituents is 1. The molecule has 1 aliphatic heterocycles. The minimum absolute atomic E-state index is 0.0778. The van der Waals surface area contributed by atoms with Crippen LogP contribution in [0.25, 0.3) is 0 Å². The first-order chi connectivity index (χ1) is 15.4. The van der Waals surface area contributed by atoms with Crippen LogP contribution < -0.4 is 10.2 Å². The number of carbonyl (C=O) groups is 2. The second-order valence-electron chi connectivity index (χ2n) is 7.52. The lowest BCUT2D eigenvalue weighted by atomic mass is 10.1. The molecular formula is C23H22N4O4S. The summed E-state index contributed by atoms with van der Waals surface area (Å²) in [6.07, 6.45) is 0. The molecular weight excluding hydrogens is 428 g/mol. The Bertz CT molecular complexity index is 1140. The second kappa shape index (κ2) is 9.19. The summed E-state index contributed by atoms with van der Waals surface area (Å²) in [5, 5.41) is 15.8. The number of nitrogens with one attached hydrogen (secondary N) is 1. The molecule has 1 aromatic heterocycles. The fourth-order valence-corrected chi connectivity index (χ4v) is 4.32. The number of piperazine rings is 1. The molecule has 8 nitrogen and oxygen atoms in total. The number of aryl methyl sites for hydroxylation is 1. The van der Waals surface area contributed by atoms with Gasteiger partial charge in [-0.25, -0.2) is 0 Å². The molecule has 0 unspecified atom stereocenters. The van der Waals surface area contributed by atoms with Gasteiger partial charge in [-0.05, 0) is 48.7 Å². The Kier molecular flexibility index (Phi) is 6.18. The molecule has 1 N–H and O–H groups in total. The summed E-state index contributed by atoms with van der Waals surface area (Å²) < 4.78 is 0. The summed E-state index contributed by atoms with van der Waals surface area (Å²) in [6.45, 7) is 4.41. The molecule has 4 rings (SSSR count). The summed E-state index contributed by atoms with van der Waals surface area (Å²) in [7, 11) is 0. The lowest BCUT2D eigenvalue weighted by molar-refractivity contribution is -0.385. The number of benzene rings is 2. The largest absolute Gasteiger partial charge is 0.368 e. The third-order valence-corrected chi connectivity index (χ3v) is 6.32. The van der Waals surface area contributed by atoms with Gasteiger partial charge in [0.25, 0.3) is 17.5 Å². The molecule has 2 aromatic carbocycles. The standard InChI is InChI=1S/C23H22N4O4S/c1-16-4-5-17(15-20(16)27(30)31)22(28)24-18-6-8-19(9-7-18)25-10-12-26(13-11-25)23(29)21-3-2-14-32-21/h2-9,14-15H,10-13H2,1H3,(H,24,28). The zero-order valence-corrected chi connectivity index (χ0v) is 18.3. The van der Waals surface area contributed by atoms with Gasteiger partial charge < -0.3 is 15.1 Å². The van der Waals surface area contributed by atoms with Crippen LogP contribution in [0.2, 0.25) is 0 Å². The van der Waals surface area contributed by atoms with Gasteiger partial charge >= 0.3 is 0 Å². The van der Waals surface area contributed by atoms with E-state index in [9.17, 15) is 19.7 Å². The van der Waals surface area contributed by atoms with Gasteiger partial charge in [0.1, 0.15) is 0 Å². The highest BCUT2D eigenvalue weighted by Crippen LogP contribution is 2.23. The van der Waals surface area contributed by atoms with Crippen molar-refractivity contribution in [2.45, 2.75) is 6.92 Å². The maximum atomic E-state index is 12.5. The molecule has 0 bridgehead atoms. The first-order valence-corrected chi connectivity index (χ1v) is 11.0. The molecule has 0 atom stereocenters. The van der Waals surface area contributed by atoms with Gasteiger partial charge in [-0.1, -0.05) is 12.1 Å². The van der Waals surface area contributed by atoms with E-state index in [1.807, 2.05) is 34.5 Å². The van der Waals surface area contributed by atoms with Crippen molar-refractivity contribution in [1.82, 2.24) is 4.90 Å². The summed E-state index contributed by atoms with van der Waals surface area (Å²) >= 11 is 1.46. The molecule has 2 heterocycles. The number of anilines is 2. The van der Waals surface area contributed by atoms with Crippen LogP contribution in [0, 0.1) is 17.0 Å². The van der Waals surface area contributed by atoms with Gasteiger partial charge in [-0.15, -0.1) is 11.3 Å². The average Bonchev–Trinajstić information content (AvgIpc) is 3.34. The minimum atomic E-state index is -0.491. The number of amides is 2. The third-order valence-electron chi connectivity index (χ3n) is 5.46. The van der Waals surface area contributed by atoms with Gasteiger partial charge in [-0.2, -0.15) is 0 Å². The highest BCUT2D eigenvalue weighted by Gasteiger charge is 2.23. The predicted octanol–water partition coefficient (Wildman–Crippen LogP) is 4.18. The van der Waals surface area contributed by atoms with Crippen molar-refractivity contribution in [2.24, 2.45) is 0 Å². The first-order valence-electron chi connectivity index (χ1n) is 10.2. The quantitative estimate of drug-likeness (QED) is 0.465. The molecule has 0 spiro atoms. The number of nitrogens with zero attached hydrogens (tertiary/aromatic N) is 3. The maximum absolute atomic E-state index is 12.5. The lowest BCUT2D eigenvalue weighted by Crippen LogP contribution is -2.48. The number of nitro groups is 1. The molecule has 0 saturated carbocycles. The Morgan fingerprint density at radius 1 is 1.03 bits per heavy atom. The van der Waals surface area contributed by atoms with Crippen molar-refractivity contribution in [2.75, 3.05) is 36.4 Å². The monoisotopic (exact) mass is 450 g/mol. The van der Waals surface area contributed by atoms with E-state index in [0.717, 1.165) is 23.7 Å². The van der Waals surface area contributed by atoms with E-state index < -0.39 is 10.8 Å². The van der Waals surface area contributed by atoms with Gasteiger partial charge in [-0.3, -0.25) is 19.7 Å². The molecule has 3 aromatic rings. The molecule has 1 aliphatic rings. The summed E-state index contributed by atoms with van der Waals surface area (Å²) in [5.41, 5.74) is 2.28. The molecule has 0 aliphatic carbocycles.